The Kier molecular flexibility index (Phi) is 3.75. The topological polar surface area (TPSA) is 38.0 Å². The smallest absolute Gasteiger partial charge is 0.0345 e. The third-order valence-corrected chi connectivity index (χ3v) is 2.32. The molecule has 1 aromatic rings. The molecular weight excluding hydrogens is 184 g/mol. The molecule has 2 heteroatoms. The summed E-state index contributed by atoms with van der Waals surface area (Å²) in [6.45, 7) is 9.26. The van der Waals surface area contributed by atoms with Crippen molar-refractivity contribution < 1.29 is 0 Å². The van der Waals surface area contributed by atoms with Crippen LogP contribution in [-0.2, 0) is 0 Å². The molecule has 0 aliphatic rings. The van der Waals surface area contributed by atoms with Gasteiger partial charge in [0.05, 0.1) is 0 Å². The molecule has 0 fully saturated rings. The lowest BCUT2D eigenvalue weighted by Gasteiger charge is -2.19. The molecule has 0 aliphatic heterocycles. The summed E-state index contributed by atoms with van der Waals surface area (Å²) in [5.41, 5.74) is 9.61. The van der Waals surface area contributed by atoms with Crippen LogP contribution in [0, 0.1) is 13.8 Å². The average Bonchev–Trinajstić information content (AvgIpc) is 1.99. The van der Waals surface area contributed by atoms with Gasteiger partial charge in [0.2, 0.25) is 0 Å². The third-order valence-electron chi connectivity index (χ3n) is 2.32. The summed E-state index contributed by atoms with van der Waals surface area (Å²) in [5, 5.41) is 3.40. The lowest BCUT2D eigenvalue weighted by atomic mass is 10.0. The molecule has 84 valence electrons. The van der Waals surface area contributed by atoms with Gasteiger partial charge in [-0.1, -0.05) is 6.07 Å². The number of anilines is 1. The van der Waals surface area contributed by atoms with E-state index in [2.05, 4.69) is 51.2 Å². The van der Waals surface area contributed by atoms with E-state index < -0.39 is 0 Å². The van der Waals surface area contributed by atoms with Crippen LogP contribution in [0.15, 0.2) is 18.2 Å². The van der Waals surface area contributed by atoms with Crippen molar-refractivity contribution in [2.75, 3.05) is 11.9 Å². The number of hydrogen-bond acceptors (Lipinski definition) is 2. The zero-order valence-electron chi connectivity index (χ0n) is 10.2. The molecule has 0 bridgehead atoms. The second kappa shape index (κ2) is 4.67. The highest BCUT2D eigenvalue weighted by Crippen LogP contribution is 2.14. The van der Waals surface area contributed by atoms with Gasteiger partial charge in [0, 0.05) is 17.8 Å². The first kappa shape index (κ1) is 12.1. The molecule has 0 unspecified atom stereocenters. The van der Waals surface area contributed by atoms with Crippen LogP contribution in [0.1, 0.15) is 31.4 Å². The number of nitrogens with two attached hydrogens (primary N) is 1. The highest BCUT2D eigenvalue weighted by Gasteiger charge is 2.09. The average molecular weight is 206 g/mol. The molecule has 0 spiro atoms. The Bertz CT molecular complexity index is 304. The van der Waals surface area contributed by atoms with E-state index in [1.807, 2.05) is 0 Å². The molecule has 3 N–H and O–H groups in total. The zero-order valence-corrected chi connectivity index (χ0v) is 10.2. The van der Waals surface area contributed by atoms with Crippen LogP contribution >= 0.6 is 0 Å². The van der Waals surface area contributed by atoms with Crippen molar-refractivity contribution in [1.29, 1.82) is 0 Å². The molecule has 0 aromatic heterocycles. The first-order valence-corrected chi connectivity index (χ1v) is 5.48. The zero-order chi connectivity index (χ0) is 11.5. The van der Waals surface area contributed by atoms with Gasteiger partial charge in [0.15, 0.2) is 0 Å². The molecule has 15 heavy (non-hydrogen) atoms. The first-order chi connectivity index (χ1) is 6.87. The molecule has 0 aliphatic carbocycles. The van der Waals surface area contributed by atoms with E-state index in [9.17, 15) is 0 Å². The van der Waals surface area contributed by atoms with Gasteiger partial charge in [0.1, 0.15) is 0 Å². The van der Waals surface area contributed by atoms with E-state index in [-0.39, 0.29) is 5.54 Å². The van der Waals surface area contributed by atoms with E-state index in [1.54, 1.807) is 0 Å². The van der Waals surface area contributed by atoms with Crippen LogP contribution in [0.4, 0.5) is 5.69 Å². The maximum atomic E-state index is 5.92. The number of aryl methyl sites for hydroxylation is 2. The van der Waals surface area contributed by atoms with Gasteiger partial charge >= 0.3 is 0 Å². The number of benzene rings is 1. The Labute approximate surface area is 92.9 Å². The predicted octanol–water partition coefficient (Wildman–Crippen LogP) is 2.84. The molecule has 0 heterocycles. The van der Waals surface area contributed by atoms with Gasteiger partial charge in [-0.2, -0.15) is 0 Å². The van der Waals surface area contributed by atoms with E-state index in [4.69, 9.17) is 5.73 Å². The molecule has 2 nitrogen and oxygen atoms in total. The number of hydrogen-bond donors (Lipinski definition) is 2. The SMILES string of the molecule is Cc1cc(C)cc(NCCC(C)(C)N)c1. The van der Waals surface area contributed by atoms with Crippen molar-refractivity contribution in [2.24, 2.45) is 5.73 Å². The minimum Gasteiger partial charge on any atom is -0.385 e. The van der Waals surface area contributed by atoms with Crippen LogP contribution in [0.5, 0.6) is 0 Å². The second-order valence-corrected chi connectivity index (χ2v) is 5.04. The summed E-state index contributed by atoms with van der Waals surface area (Å²) >= 11 is 0. The Morgan fingerprint density at radius 1 is 1.13 bits per heavy atom. The molecule has 0 radical (unpaired) electrons. The fourth-order valence-electron chi connectivity index (χ4n) is 1.61. The summed E-state index contributed by atoms with van der Waals surface area (Å²) < 4.78 is 0. The van der Waals surface area contributed by atoms with E-state index in [1.165, 1.54) is 16.8 Å². The van der Waals surface area contributed by atoms with E-state index in [0.29, 0.717) is 0 Å². The van der Waals surface area contributed by atoms with Crippen molar-refractivity contribution in [3.05, 3.63) is 29.3 Å². The highest BCUT2D eigenvalue weighted by atomic mass is 14.9. The molecule has 0 atom stereocenters. The van der Waals surface area contributed by atoms with Crippen molar-refractivity contribution in [3.8, 4) is 0 Å². The maximum Gasteiger partial charge on any atom is 0.0345 e. The van der Waals surface area contributed by atoms with Crippen molar-refractivity contribution >= 4 is 5.69 Å². The quantitative estimate of drug-likeness (QED) is 0.795. The van der Waals surface area contributed by atoms with Gasteiger partial charge < -0.3 is 11.1 Å². The first-order valence-electron chi connectivity index (χ1n) is 5.48. The predicted molar refractivity (Wildman–Crippen MR) is 67.3 cm³/mol. The fraction of sp³-hybridized carbons (Fsp3) is 0.538. The minimum atomic E-state index is -0.0914. The summed E-state index contributed by atoms with van der Waals surface area (Å²) in [4.78, 5) is 0. The van der Waals surface area contributed by atoms with E-state index in [0.717, 1.165) is 13.0 Å². The number of nitrogens with one attached hydrogen (secondary N) is 1. The van der Waals surface area contributed by atoms with Crippen LogP contribution in [-0.4, -0.2) is 12.1 Å². The Hall–Kier alpha value is -1.02. The Morgan fingerprint density at radius 2 is 1.67 bits per heavy atom. The van der Waals surface area contributed by atoms with Gasteiger partial charge in [-0.15, -0.1) is 0 Å². The van der Waals surface area contributed by atoms with Crippen LogP contribution in [0.3, 0.4) is 0 Å². The van der Waals surface area contributed by atoms with Crippen LogP contribution in [0.25, 0.3) is 0 Å². The summed E-state index contributed by atoms with van der Waals surface area (Å²) in [7, 11) is 0. The van der Waals surface area contributed by atoms with E-state index >= 15 is 0 Å². The van der Waals surface area contributed by atoms with Gasteiger partial charge in [-0.25, -0.2) is 0 Å². The number of rotatable bonds is 4. The lowest BCUT2D eigenvalue weighted by molar-refractivity contribution is 0.491. The van der Waals surface area contributed by atoms with Gasteiger partial charge in [-0.05, 0) is 57.4 Å². The molecule has 0 saturated carbocycles. The molecule has 0 saturated heterocycles. The van der Waals surface area contributed by atoms with Gasteiger partial charge in [0.25, 0.3) is 0 Å². The summed E-state index contributed by atoms with van der Waals surface area (Å²) in [6, 6.07) is 6.51. The van der Waals surface area contributed by atoms with Crippen molar-refractivity contribution in [1.82, 2.24) is 0 Å². The Morgan fingerprint density at radius 3 is 2.13 bits per heavy atom. The maximum absolute atomic E-state index is 5.92. The van der Waals surface area contributed by atoms with Gasteiger partial charge in [-0.3, -0.25) is 0 Å². The summed E-state index contributed by atoms with van der Waals surface area (Å²) in [6.07, 6.45) is 0.972. The largest absolute Gasteiger partial charge is 0.385 e. The standard InChI is InChI=1S/C13H22N2/c1-10-7-11(2)9-12(8-10)15-6-5-13(3,4)14/h7-9,15H,5-6,14H2,1-4H3. The minimum absolute atomic E-state index is 0.0914. The van der Waals surface area contributed by atoms with Crippen LogP contribution < -0.4 is 11.1 Å². The monoisotopic (exact) mass is 206 g/mol. The fourth-order valence-corrected chi connectivity index (χ4v) is 1.61. The third kappa shape index (κ3) is 4.84. The molecular formula is C13H22N2. The molecule has 1 rings (SSSR count). The van der Waals surface area contributed by atoms with Crippen molar-refractivity contribution in [3.63, 3.8) is 0 Å². The second-order valence-electron chi connectivity index (χ2n) is 5.04. The molecule has 0 amide bonds. The Balaban J connectivity index is 2.51. The highest BCUT2D eigenvalue weighted by molar-refractivity contribution is 5.48. The lowest BCUT2D eigenvalue weighted by Crippen LogP contribution is -2.34. The summed E-state index contributed by atoms with van der Waals surface area (Å²) in [5.74, 6) is 0. The molecule has 1 aromatic carbocycles. The normalized spacial score (nSPS) is 11.5. The van der Waals surface area contributed by atoms with Crippen molar-refractivity contribution in [2.45, 2.75) is 39.7 Å². The van der Waals surface area contributed by atoms with Crippen LogP contribution in [0.2, 0.25) is 0 Å².